The van der Waals surface area contributed by atoms with E-state index in [2.05, 4.69) is 5.32 Å². The normalized spacial score (nSPS) is 12.9. The molecule has 4 heteroatoms. The second-order valence-corrected chi connectivity index (χ2v) is 4.38. The van der Waals surface area contributed by atoms with Crippen molar-refractivity contribution in [2.45, 2.75) is 32.6 Å². The van der Waals surface area contributed by atoms with Crippen LogP contribution in [0.3, 0.4) is 0 Å². The number of halogens is 1. The number of benzene rings is 1. The molecule has 1 N–H and O–H groups in total. The minimum Gasteiger partial charge on any atom is -0.351 e. The van der Waals surface area contributed by atoms with Gasteiger partial charge in [-0.2, -0.15) is 0 Å². The van der Waals surface area contributed by atoms with Crippen LogP contribution in [0.1, 0.15) is 19.4 Å². The fourth-order valence-electron chi connectivity index (χ4n) is 1.84. The van der Waals surface area contributed by atoms with Gasteiger partial charge in [0.15, 0.2) is 6.29 Å². The first-order chi connectivity index (χ1) is 8.72. The van der Waals surface area contributed by atoms with Crippen LogP contribution in [-0.4, -0.2) is 32.6 Å². The molecule has 1 unspecified atom stereocenters. The average molecular weight is 272 g/mol. The molecule has 18 heavy (non-hydrogen) atoms. The molecule has 3 nitrogen and oxygen atoms in total. The van der Waals surface area contributed by atoms with Gasteiger partial charge in [-0.15, -0.1) is 0 Å². The standard InChI is InChI=1S/C14H22ClNO2/c1-4-17-14(18-5-2)13(16-3)10-11-8-6-7-9-12(11)15/h6-9,13-14,16H,4-5,10H2,1-3H3. The maximum atomic E-state index is 6.17. The predicted octanol–water partition coefficient (Wildman–Crippen LogP) is 2.87. The summed E-state index contributed by atoms with van der Waals surface area (Å²) in [5, 5.41) is 4.02. The number of nitrogens with one attached hydrogen (secondary N) is 1. The van der Waals surface area contributed by atoms with Crippen molar-refractivity contribution in [1.82, 2.24) is 5.32 Å². The summed E-state index contributed by atoms with van der Waals surface area (Å²) in [5.74, 6) is 0. The van der Waals surface area contributed by atoms with Crippen LogP contribution in [0.15, 0.2) is 24.3 Å². The van der Waals surface area contributed by atoms with Gasteiger partial charge in [0, 0.05) is 18.2 Å². The highest BCUT2D eigenvalue weighted by Gasteiger charge is 2.21. The number of likely N-dealkylation sites (N-methyl/N-ethyl adjacent to an activating group) is 1. The van der Waals surface area contributed by atoms with E-state index in [1.54, 1.807) is 0 Å². The molecule has 0 spiro atoms. The summed E-state index contributed by atoms with van der Waals surface area (Å²) in [4.78, 5) is 0. The van der Waals surface area contributed by atoms with Crippen molar-refractivity contribution in [2.75, 3.05) is 20.3 Å². The van der Waals surface area contributed by atoms with Crippen LogP contribution in [0.25, 0.3) is 0 Å². The molecule has 0 bridgehead atoms. The third kappa shape index (κ3) is 4.58. The Labute approximate surface area is 114 Å². The van der Waals surface area contributed by atoms with Crippen molar-refractivity contribution in [3.8, 4) is 0 Å². The van der Waals surface area contributed by atoms with Gasteiger partial charge in [-0.25, -0.2) is 0 Å². The van der Waals surface area contributed by atoms with E-state index in [9.17, 15) is 0 Å². The molecule has 1 rings (SSSR count). The predicted molar refractivity (Wildman–Crippen MR) is 75.0 cm³/mol. The molecular formula is C14H22ClNO2. The van der Waals surface area contributed by atoms with Crippen LogP contribution < -0.4 is 5.32 Å². The monoisotopic (exact) mass is 271 g/mol. The van der Waals surface area contributed by atoms with Gasteiger partial charge in [0.05, 0.1) is 6.04 Å². The topological polar surface area (TPSA) is 30.5 Å². The number of ether oxygens (including phenoxy) is 2. The molecule has 0 heterocycles. The Morgan fingerprint density at radius 3 is 2.28 bits per heavy atom. The smallest absolute Gasteiger partial charge is 0.172 e. The Bertz CT molecular complexity index is 340. The molecule has 1 aromatic carbocycles. The lowest BCUT2D eigenvalue weighted by Crippen LogP contribution is -2.43. The molecule has 0 aromatic heterocycles. The van der Waals surface area contributed by atoms with Gasteiger partial charge < -0.3 is 14.8 Å². The zero-order valence-electron chi connectivity index (χ0n) is 11.3. The zero-order valence-corrected chi connectivity index (χ0v) is 12.0. The quantitative estimate of drug-likeness (QED) is 0.738. The Hall–Kier alpha value is -0.610. The number of hydrogen-bond donors (Lipinski definition) is 1. The lowest BCUT2D eigenvalue weighted by atomic mass is 10.1. The fourth-order valence-corrected chi connectivity index (χ4v) is 2.06. The van der Waals surface area contributed by atoms with E-state index in [0.717, 1.165) is 17.0 Å². The fraction of sp³-hybridized carbons (Fsp3) is 0.571. The van der Waals surface area contributed by atoms with Gasteiger partial charge >= 0.3 is 0 Å². The van der Waals surface area contributed by atoms with E-state index in [4.69, 9.17) is 21.1 Å². The lowest BCUT2D eigenvalue weighted by Gasteiger charge is -2.26. The summed E-state index contributed by atoms with van der Waals surface area (Å²) in [6.45, 7) is 5.19. The van der Waals surface area contributed by atoms with E-state index in [0.29, 0.717) is 13.2 Å². The van der Waals surface area contributed by atoms with Gasteiger partial charge in [-0.3, -0.25) is 0 Å². The molecule has 102 valence electrons. The highest BCUT2D eigenvalue weighted by molar-refractivity contribution is 6.31. The number of rotatable bonds is 8. The summed E-state index contributed by atoms with van der Waals surface area (Å²) in [5.41, 5.74) is 1.10. The maximum Gasteiger partial charge on any atom is 0.172 e. The van der Waals surface area contributed by atoms with E-state index >= 15 is 0 Å². The highest BCUT2D eigenvalue weighted by atomic mass is 35.5. The van der Waals surface area contributed by atoms with E-state index < -0.39 is 0 Å². The summed E-state index contributed by atoms with van der Waals surface area (Å²) in [6, 6.07) is 7.94. The van der Waals surface area contributed by atoms with Crippen molar-refractivity contribution >= 4 is 11.6 Å². The van der Waals surface area contributed by atoms with Crippen molar-refractivity contribution in [1.29, 1.82) is 0 Å². The Morgan fingerprint density at radius 1 is 1.17 bits per heavy atom. The highest BCUT2D eigenvalue weighted by Crippen LogP contribution is 2.18. The molecule has 0 aliphatic carbocycles. The first-order valence-corrected chi connectivity index (χ1v) is 6.74. The second kappa shape index (κ2) is 8.48. The zero-order chi connectivity index (χ0) is 13.4. The van der Waals surface area contributed by atoms with Gasteiger partial charge in [-0.1, -0.05) is 29.8 Å². The average Bonchev–Trinajstić information content (AvgIpc) is 2.38. The summed E-state index contributed by atoms with van der Waals surface area (Å²) in [6.07, 6.45) is 0.530. The molecule has 0 radical (unpaired) electrons. The molecule has 0 fully saturated rings. The Kier molecular flexibility index (Phi) is 7.28. The minimum absolute atomic E-state index is 0.0878. The van der Waals surface area contributed by atoms with Gasteiger partial charge in [0.25, 0.3) is 0 Å². The van der Waals surface area contributed by atoms with Crippen LogP contribution in [-0.2, 0) is 15.9 Å². The van der Waals surface area contributed by atoms with Crippen LogP contribution in [0, 0.1) is 0 Å². The number of hydrogen-bond acceptors (Lipinski definition) is 3. The summed E-state index contributed by atoms with van der Waals surface area (Å²) in [7, 11) is 1.91. The van der Waals surface area contributed by atoms with Crippen LogP contribution in [0.2, 0.25) is 5.02 Å². The van der Waals surface area contributed by atoms with Gasteiger partial charge in [-0.05, 0) is 38.9 Å². The van der Waals surface area contributed by atoms with Crippen molar-refractivity contribution < 1.29 is 9.47 Å². The largest absolute Gasteiger partial charge is 0.351 e. The lowest BCUT2D eigenvalue weighted by molar-refractivity contribution is -0.152. The van der Waals surface area contributed by atoms with Crippen molar-refractivity contribution in [3.05, 3.63) is 34.9 Å². The SMILES string of the molecule is CCOC(OCC)C(Cc1ccccc1Cl)NC. The van der Waals surface area contributed by atoms with Crippen molar-refractivity contribution in [3.63, 3.8) is 0 Å². The van der Waals surface area contributed by atoms with Crippen LogP contribution >= 0.6 is 11.6 Å². The Balaban J connectivity index is 2.73. The molecule has 0 amide bonds. The first kappa shape index (κ1) is 15.4. The molecule has 1 aromatic rings. The van der Waals surface area contributed by atoms with Crippen LogP contribution in [0.5, 0.6) is 0 Å². The van der Waals surface area contributed by atoms with Gasteiger partial charge in [0.1, 0.15) is 0 Å². The molecule has 0 aliphatic rings. The second-order valence-electron chi connectivity index (χ2n) is 3.97. The third-order valence-corrected chi connectivity index (χ3v) is 3.13. The molecule has 0 saturated heterocycles. The summed E-state index contributed by atoms with van der Waals surface area (Å²) < 4.78 is 11.2. The first-order valence-electron chi connectivity index (χ1n) is 6.36. The van der Waals surface area contributed by atoms with Crippen molar-refractivity contribution in [2.24, 2.45) is 0 Å². The molecule has 1 atom stereocenters. The maximum absolute atomic E-state index is 6.17. The third-order valence-electron chi connectivity index (χ3n) is 2.76. The van der Waals surface area contributed by atoms with Gasteiger partial charge in [0.2, 0.25) is 0 Å². The molecule has 0 saturated carbocycles. The van der Waals surface area contributed by atoms with E-state index in [1.807, 2.05) is 45.2 Å². The van der Waals surface area contributed by atoms with E-state index in [1.165, 1.54) is 0 Å². The minimum atomic E-state index is -0.249. The van der Waals surface area contributed by atoms with E-state index in [-0.39, 0.29) is 12.3 Å². The molecular weight excluding hydrogens is 250 g/mol. The van der Waals surface area contributed by atoms with Crippen LogP contribution in [0.4, 0.5) is 0 Å². The molecule has 0 aliphatic heterocycles. The Morgan fingerprint density at radius 2 is 1.78 bits per heavy atom. The summed E-state index contributed by atoms with van der Waals surface area (Å²) >= 11 is 6.17.